The van der Waals surface area contributed by atoms with Gasteiger partial charge in [-0.05, 0) is 43.9 Å². The second kappa shape index (κ2) is 16.4. The molecule has 2 aromatic carbocycles. The van der Waals surface area contributed by atoms with Gasteiger partial charge in [0.2, 0.25) is 5.62 Å². The van der Waals surface area contributed by atoms with Crippen molar-refractivity contribution in [2.45, 2.75) is 38.9 Å². The molecule has 0 aliphatic rings. The van der Waals surface area contributed by atoms with E-state index in [-0.39, 0.29) is 79.1 Å². The standard InChI is InChI=1S/C27H29B2F5N7O5/c1-29(44)39-24(36)20-7-5-18(15-22(20)31)46-13-3-9-41-11-10-40(26(41)37-25(43)27(32,33)34)8-2-12-45-17-4-6-19(21(30)14-17)23(35)38-28-16-42/h4-7,10-11,14-16,44H,2-3,8-9,12-13H2,1H3,(H2,35,38)(H2,36,39). The lowest BCUT2D eigenvalue weighted by Crippen LogP contribution is -2.32. The number of aryl methyl sites for hydroxylation is 2. The van der Waals surface area contributed by atoms with Crippen molar-refractivity contribution in [3.63, 3.8) is 0 Å². The Morgan fingerprint density at radius 1 is 0.957 bits per heavy atom. The number of carbonyl (C=O) groups is 2. The number of hydrogen-bond donors (Lipinski definition) is 3. The van der Waals surface area contributed by atoms with E-state index in [9.17, 15) is 36.6 Å². The van der Waals surface area contributed by atoms with E-state index in [4.69, 9.17) is 20.9 Å². The zero-order valence-electron chi connectivity index (χ0n) is 24.5. The molecule has 1 heterocycles. The van der Waals surface area contributed by atoms with Crippen LogP contribution in [0.2, 0.25) is 6.82 Å². The normalized spacial score (nSPS) is 12.6. The number of rotatable bonds is 15. The van der Waals surface area contributed by atoms with Crippen molar-refractivity contribution in [3.8, 4) is 11.5 Å². The molecule has 0 fully saturated rings. The minimum atomic E-state index is -5.19. The monoisotopic (exact) mass is 648 g/mol. The van der Waals surface area contributed by atoms with Crippen LogP contribution >= 0.6 is 0 Å². The van der Waals surface area contributed by atoms with E-state index in [1.807, 2.05) is 0 Å². The van der Waals surface area contributed by atoms with Crippen molar-refractivity contribution in [1.82, 2.24) is 9.13 Å². The number of nitrogens with zero attached hydrogens (tertiary/aromatic N) is 5. The van der Waals surface area contributed by atoms with Gasteiger partial charge in [-0.3, -0.25) is 9.70 Å². The van der Waals surface area contributed by atoms with Gasteiger partial charge in [-0.1, -0.05) is 0 Å². The lowest BCUT2D eigenvalue weighted by molar-refractivity contribution is -0.169. The molecule has 0 saturated heterocycles. The fourth-order valence-electron chi connectivity index (χ4n) is 3.98. The number of amides is 1. The third kappa shape index (κ3) is 10.3. The third-order valence-electron chi connectivity index (χ3n) is 6.04. The molecule has 1 amide bonds. The van der Waals surface area contributed by atoms with Gasteiger partial charge in [0.15, 0.2) is 0 Å². The summed E-state index contributed by atoms with van der Waals surface area (Å²) in [6.45, 7) is 1.63. The maximum atomic E-state index is 14.4. The molecule has 1 radical (unpaired) electrons. The number of imidazole rings is 1. The van der Waals surface area contributed by atoms with E-state index in [1.165, 1.54) is 52.6 Å². The number of benzene rings is 2. The van der Waals surface area contributed by atoms with Crippen molar-refractivity contribution in [2.24, 2.45) is 26.3 Å². The van der Waals surface area contributed by atoms with Gasteiger partial charge in [0.1, 0.15) is 41.0 Å². The predicted octanol–water partition coefficient (Wildman–Crippen LogP) is 1.83. The first kappa shape index (κ1) is 35.5. The topological polar surface area (TPSA) is 172 Å². The van der Waals surface area contributed by atoms with Gasteiger partial charge in [0.25, 0.3) is 0 Å². The molecular formula is C27H29B2F5N7O5. The Balaban J connectivity index is 1.62. The molecule has 0 saturated carbocycles. The maximum Gasteiger partial charge on any atom is 0.473 e. The highest BCUT2D eigenvalue weighted by atomic mass is 19.4. The van der Waals surface area contributed by atoms with Crippen LogP contribution in [0.4, 0.5) is 22.0 Å². The van der Waals surface area contributed by atoms with Crippen LogP contribution < -0.4 is 26.6 Å². The largest absolute Gasteiger partial charge is 0.493 e. The molecule has 12 nitrogen and oxygen atoms in total. The highest BCUT2D eigenvalue weighted by Gasteiger charge is 2.38. The number of aromatic nitrogens is 2. The minimum Gasteiger partial charge on any atom is -0.493 e. The molecule has 0 atom stereocenters. The average Bonchev–Trinajstić information content (AvgIpc) is 3.36. The molecule has 0 aliphatic heterocycles. The molecule has 0 spiro atoms. The molecular weight excluding hydrogens is 619 g/mol. The quantitative estimate of drug-likeness (QED) is 0.0564. The fraction of sp³-hybridized carbons (Fsp3) is 0.296. The molecule has 0 bridgehead atoms. The Morgan fingerprint density at radius 3 is 1.89 bits per heavy atom. The highest BCUT2D eigenvalue weighted by Crippen LogP contribution is 2.19. The number of hydrogen-bond acceptors (Lipinski definition) is 7. The summed E-state index contributed by atoms with van der Waals surface area (Å²) in [4.78, 5) is 32.6. The van der Waals surface area contributed by atoms with E-state index in [0.717, 1.165) is 19.5 Å². The summed E-state index contributed by atoms with van der Waals surface area (Å²) in [6, 6.07) is 7.67. The van der Waals surface area contributed by atoms with E-state index in [0.29, 0.717) is 6.19 Å². The van der Waals surface area contributed by atoms with Crippen LogP contribution in [0.3, 0.4) is 0 Å². The summed E-state index contributed by atoms with van der Waals surface area (Å²) in [5.41, 5.74) is 11.0. The molecule has 3 aromatic rings. The minimum absolute atomic E-state index is 0.0253. The molecule has 3 rings (SSSR count). The second-order valence-electron chi connectivity index (χ2n) is 9.53. The predicted molar refractivity (Wildman–Crippen MR) is 160 cm³/mol. The Labute approximate surface area is 260 Å². The Kier molecular flexibility index (Phi) is 12.7. The number of halogens is 5. The van der Waals surface area contributed by atoms with Gasteiger partial charge in [-0.25, -0.2) is 8.78 Å². The maximum absolute atomic E-state index is 14.4. The molecule has 0 unspecified atom stereocenters. The summed E-state index contributed by atoms with van der Waals surface area (Å²) in [6.07, 6.45) is -1.40. The molecule has 19 heteroatoms. The fourth-order valence-corrected chi connectivity index (χ4v) is 3.98. The zero-order valence-corrected chi connectivity index (χ0v) is 24.5. The van der Waals surface area contributed by atoms with Crippen LogP contribution in [0.25, 0.3) is 0 Å². The van der Waals surface area contributed by atoms with Gasteiger partial charge in [-0.2, -0.15) is 18.2 Å². The van der Waals surface area contributed by atoms with Gasteiger partial charge >= 0.3 is 26.5 Å². The molecule has 0 aliphatic carbocycles. The Morgan fingerprint density at radius 2 is 1.46 bits per heavy atom. The lowest BCUT2D eigenvalue weighted by Gasteiger charge is -2.10. The first-order chi connectivity index (χ1) is 21.8. The Hall–Kier alpha value is -4.93. The smallest absolute Gasteiger partial charge is 0.473 e. The number of alkyl halides is 3. The van der Waals surface area contributed by atoms with E-state index in [1.54, 1.807) is 0 Å². The van der Waals surface area contributed by atoms with E-state index >= 15 is 0 Å². The van der Waals surface area contributed by atoms with Crippen molar-refractivity contribution in [2.75, 3.05) is 13.2 Å². The zero-order chi connectivity index (χ0) is 33.9. The van der Waals surface area contributed by atoms with Crippen LogP contribution in [0.15, 0.2) is 63.6 Å². The van der Waals surface area contributed by atoms with Gasteiger partial charge < -0.3 is 44.8 Å². The summed E-state index contributed by atoms with van der Waals surface area (Å²) >= 11 is 0. The van der Waals surface area contributed by atoms with E-state index in [2.05, 4.69) is 14.8 Å². The third-order valence-corrected chi connectivity index (χ3v) is 6.04. The van der Waals surface area contributed by atoms with Gasteiger partial charge in [-0.15, -0.1) is 0 Å². The van der Waals surface area contributed by atoms with Gasteiger partial charge in [0.05, 0.1) is 24.3 Å². The molecule has 5 N–H and O–H groups in total. The van der Waals surface area contributed by atoms with Crippen LogP contribution in [0.1, 0.15) is 24.0 Å². The summed E-state index contributed by atoms with van der Waals surface area (Å²) < 4.78 is 81.6. The number of carbonyl (C=O) groups excluding carboxylic acids is 2. The van der Waals surface area contributed by atoms with Crippen molar-refractivity contribution in [1.29, 1.82) is 0 Å². The second-order valence-corrected chi connectivity index (χ2v) is 9.53. The number of nitrogens with two attached hydrogens (primary N) is 2. The Bertz CT molecular complexity index is 1660. The first-order valence-electron chi connectivity index (χ1n) is 13.7. The van der Waals surface area contributed by atoms with Crippen LogP contribution in [-0.4, -0.2) is 71.8 Å². The van der Waals surface area contributed by atoms with Crippen molar-refractivity contribution < 1.29 is 46.0 Å². The van der Waals surface area contributed by atoms with Gasteiger partial charge in [0, 0.05) is 37.6 Å². The van der Waals surface area contributed by atoms with Crippen LogP contribution in [-0.2, 0) is 22.7 Å². The van der Waals surface area contributed by atoms with Crippen LogP contribution in [0, 0.1) is 11.6 Å². The summed E-state index contributed by atoms with van der Waals surface area (Å²) in [7, 11) is -0.241. The number of amidine groups is 2. The van der Waals surface area contributed by atoms with Crippen molar-refractivity contribution >= 4 is 38.2 Å². The summed E-state index contributed by atoms with van der Waals surface area (Å²) in [5.74, 6) is -3.84. The number of ether oxygens (including phenoxy) is 2. The highest BCUT2D eigenvalue weighted by molar-refractivity contribution is 6.66. The summed E-state index contributed by atoms with van der Waals surface area (Å²) in [5, 5.41) is 9.29. The SMILES string of the molecule is CB(O)N=C(N)c1ccc(OCCCn2ccn(CCCOc3ccc(C(N)=N[B]C=O)c(F)c3)c2=NC(=O)C(F)(F)F)cc1F. The molecule has 1 aromatic heterocycles. The molecule has 243 valence electrons. The molecule has 46 heavy (non-hydrogen) atoms. The first-order valence-corrected chi connectivity index (χ1v) is 13.7. The van der Waals surface area contributed by atoms with E-state index < -0.39 is 30.8 Å². The lowest BCUT2D eigenvalue weighted by atomic mass is 9.90. The van der Waals surface area contributed by atoms with Crippen LogP contribution in [0.5, 0.6) is 11.5 Å². The van der Waals surface area contributed by atoms with Crippen molar-refractivity contribution in [3.05, 3.63) is 77.2 Å². The average molecular weight is 648 g/mol.